The first kappa shape index (κ1) is 14.7. The second kappa shape index (κ2) is 7.17. The van der Waals surface area contributed by atoms with Gasteiger partial charge in [0.25, 0.3) is 0 Å². The molecule has 1 aromatic rings. The molecule has 0 saturated heterocycles. The number of hydrogen-bond donors (Lipinski definition) is 1. The lowest BCUT2D eigenvalue weighted by atomic mass is 9.95. The lowest BCUT2D eigenvalue weighted by Gasteiger charge is -2.22. The van der Waals surface area contributed by atoms with E-state index in [0.717, 1.165) is 25.7 Å². The summed E-state index contributed by atoms with van der Waals surface area (Å²) in [5.41, 5.74) is 0.0676. The number of Topliss-reactive ketones (excluding diaryl/α,β-unsaturated/α-hetero) is 1. The van der Waals surface area contributed by atoms with Crippen LogP contribution in [0.3, 0.4) is 0 Å². The van der Waals surface area contributed by atoms with Crippen LogP contribution < -0.4 is 5.32 Å². The Morgan fingerprint density at radius 1 is 1.10 bits per heavy atom. The standard InChI is InChI=1S/C16H20FNO2/c17-14-9-5-4-8-13(14)15(19)10-11-16(20)18-12-6-2-1-3-7-12/h4-5,8-9,12H,1-3,6-7,10-11H2,(H,18,20). The van der Waals surface area contributed by atoms with Crippen molar-refractivity contribution in [3.63, 3.8) is 0 Å². The first-order valence-corrected chi connectivity index (χ1v) is 7.24. The number of halogens is 1. The summed E-state index contributed by atoms with van der Waals surface area (Å²) < 4.78 is 13.4. The van der Waals surface area contributed by atoms with Gasteiger partial charge < -0.3 is 5.32 Å². The van der Waals surface area contributed by atoms with Gasteiger partial charge in [0, 0.05) is 18.9 Å². The Morgan fingerprint density at radius 3 is 2.50 bits per heavy atom. The van der Waals surface area contributed by atoms with Crippen molar-refractivity contribution in [1.29, 1.82) is 0 Å². The summed E-state index contributed by atoms with van der Waals surface area (Å²) in [6.07, 6.45) is 5.76. The zero-order chi connectivity index (χ0) is 14.4. The summed E-state index contributed by atoms with van der Waals surface area (Å²) in [6.45, 7) is 0. The molecule has 1 aliphatic rings. The van der Waals surface area contributed by atoms with E-state index in [1.807, 2.05) is 0 Å². The molecule has 2 rings (SSSR count). The largest absolute Gasteiger partial charge is 0.353 e. The molecule has 3 nitrogen and oxygen atoms in total. The van der Waals surface area contributed by atoms with Crippen LogP contribution in [-0.4, -0.2) is 17.7 Å². The SMILES string of the molecule is O=C(CCC(=O)c1ccccc1F)NC1CCCCC1. The van der Waals surface area contributed by atoms with Crippen molar-refractivity contribution in [3.8, 4) is 0 Å². The number of carbonyl (C=O) groups excluding carboxylic acids is 2. The predicted molar refractivity (Wildman–Crippen MR) is 75.0 cm³/mol. The first-order chi connectivity index (χ1) is 9.66. The predicted octanol–water partition coefficient (Wildman–Crippen LogP) is 3.24. The van der Waals surface area contributed by atoms with E-state index in [0.29, 0.717) is 0 Å². The second-order valence-electron chi connectivity index (χ2n) is 5.31. The van der Waals surface area contributed by atoms with E-state index in [4.69, 9.17) is 0 Å². The van der Waals surface area contributed by atoms with Gasteiger partial charge in [-0.1, -0.05) is 31.4 Å². The van der Waals surface area contributed by atoms with Crippen molar-refractivity contribution in [2.75, 3.05) is 0 Å². The Hall–Kier alpha value is -1.71. The fourth-order valence-electron chi connectivity index (χ4n) is 2.60. The van der Waals surface area contributed by atoms with Gasteiger partial charge in [0.2, 0.25) is 5.91 Å². The minimum absolute atomic E-state index is 0.0550. The van der Waals surface area contributed by atoms with Crippen molar-refractivity contribution in [3.05, 3.63) is 35.6 Å². The van der Waals surface area contributed by atoms with Crippen LogP contribution in [-0.2, 0) is 4.79 Å². The maximum Gasteiger partial charge on any atom is 0.220 e. The Balaban J connectivity index is 1.78. The first-order valence-electron chi connectivity index (χ1n) is 7.24. The Morgan fingerprint density at radius 2 is 1.80 bits per heavy atom. The minimum atomic E-state index is -0.523. The molecule has 1 fully saturated rings. The average molecular weight is 277 g/mol. The molecule has 1 aliphatic carbocycles. The molecule has 1 N–H and O–H groups in total. The highest BCUT2D eigenvalue weighted by molar-refractivity contribution is 5.98. The summed E-state index contributed by atoms with van der Waals surface area (Å²) in [6, 6.07) is 6.13. The van der Waals surface area contributed by atoms with Gasteiger partial charge in [-0.2, -0.15) is 0 Å². The average Bonchev–Trinajstić information content (AvgIpc) is 2.46. The van der Waals surface area contributed by atoms with Crippen LogP contribution in [0, 0.1) is 5.82 Å². The fourth-order valence-corrected chi connectivity index (χ4v) is 2.60. The monoisotopic (exact) mass is 277 g/mol. The summed E-state index contributed by atoms with van der Waals surface area (Å²) >= 11 is 0. The third kappa shape index (κ3) is 4.15. The molecule has 1 amide bonds. The molecule has 4 heteroatoms. The maximum atomic E-state index is 13.4. The van der Waals surface area contributed by atoms with Crippen LogP contribution in [0.25, 0.3) is 0 Å². The molecule has 108 valence electrons. The van der Waals surface area contributed by atoms with Gasteiger partial charge in [0.15, 0.2) is 5.78 Å². The maximum absolute atomic E-state index is 13.4. The Bertz CT molecular complexity index is 481. The quantitative estimate of drug-likeness (QED) is 0.840. The van der Waals surface area contributed by atoms with Crippen LogP contribution in [0.4, 0.5) is 4.39 Å². The molecule has 0 unspecified atom stereocenters. The van der Waals surface area contributed by atoms with Gasteiger partial charge in [-0.15, -0.1) is 0 Å². The third-order valence-corrected chi connectivity index (χ3v) is 3.72. The summed E-state index contributed by atoms with van der Waals surface area (Å²) in [7, 11) is 0. The third-order valence-electron chi connectivity index (χ3n) is 3.72. The molecular weight excluding hydrogens is 257 g/mol. The van der Waals surface area contributed by atoms with Crippen molar-refractivity contribution in [1.82, 2.24) is 5.32 Å². The van der Waals surface area contributed by atoms with Crippen LogP contribution in [0.1, 0.15) is 55.3 Å². The number of ketones is 1. The number of benzene rings is 1. The van der Waals surface area contributed by atoms with Crippen LogP contribution in [0.15, 0.2) is 24.3 Å². The van der Waals surface area contributed by atoms with Gasteiger partial charge in [0.1, 0.15) is 5.82 Å². The van der Waals surface area contributed by atoms with E-state index >= 15 is 0 Å². The lowest BCUT2D eigenvalue weighted by molar-refractivity contribution is -0.121. The van der Waals surface area contributed by atoms with E-state index in [2.05, 4.69) is 5.32 Å². The van der Waals surface area contributed by atoms with E-state index in [1.54, 1.807) is 12.1 Å². The Kier molecular flexibility index (Phi) is 5.27. The van der Waals surface area contributed by atoms with Crippen LogP contribution >= 0.6 is 0 Å². The molecule has 0 aliphatic heterocycles. The molecule has 0 heterocycles. The fraction of sp³-hybridized carbons (Fsp3) is 0.500. The molecule has 1 aromatic carbocycles. The summed E-state index contributed by atoms with van der Waals surface area (Å²) in [5, 5.41) is 2.96. The van der Waals surface area contributed by atoms with E-state index in [9.17, 15) is 14.0 Å². The molecule has 0 bridgehead atoms. The molecule has 0 atom stereocenters. The van der Waals surface area contributed by atoms with E-state index in [1.165, 1.54) is 18.6 Å². The highest BCUT2D eigenvalue weighted by Crippen LogP contribution is 2.17. The van der Waals surface area contributed by atoms with Gasteiger partial charge in [0.05, 0.1) is 5.56 Å². The molecule has 0 spiro atoms. The number of nitrogens with one attached hydrogen (secondary N) is 1. The zero-order valence-corrected chi connectivity index (χ0v) is 11.5. The number of rotatable bonds is 5. The topological polar surface area (TPSA) is 46.2 Å². The van der Waals surface area contributed by atoms with Gasteiger partial charge in [-0.3, -0.25) is 9.59 Å². The van der Waals surface area contributed by atoms with Crippen molar-refractivity contribution in [2.24, 2.45) is 0 Å². The molecule has 20 heavy (non-hydrogen) atoms. The highest BCUT2D eigenvalue weighted by atomic mass is 19.1. The zero-order valence-electron chi connectivity index (χ0n) is 11.5. The smallest absolute Gasteiger partial charge is 0.220 e. The van der Waals surface area contributed by atoms with Crippen LogP contribution in [0.2, 0.25) is 0 Å². The van der Waals surface area contributed by atoms with Crippen molar-refractivity contribution in [2.45, 2.75) is 51.0 Å². The summed E-state index contributed by atoms with van der Waals surface area (Å²) in [4.78, 5) is 23.6. The minimum Gasteiger partial charge on any atom is -0.353 e. The van der Waals surface area contributed by atoms with Crippen molar-refractivity contribution < 1.29 is 14.0 Å². The molecule has 1 saturated carbocycles. The molecular formula is C16H20FNO2. The van der Waals surface area contributed by atoms with Crippen LogP contribution in [0.5, 0.6) is 0 Å². The van der Waals surface area contributed by atoms with Gasteiger partial charge in [-0.25, -0.2) is 4.39 Å². The van der Waals surface area contributed by atoms with E-state index in [-0.39, 0.29) is 36.1 Å². The number of carbonyl (C=O) groups is 2. The molecule has 0 radical (unpaired) electrons. The number of hydrogen-bond acceptors (Lipinski definition) is 2. The van der Waals surface area contributed by atoms with Crippen molar-refractivity contribution >= 4 is 11.7 Å². The summed E-state index contributed by atoms with van der Waals surface area (Å²) in [5.74, 6) is -0.950. The van der Waals surface area contributed by atoms with Gasteiger partial charge >= 0.3 is 0 Å². The number of amides is 1. The highest BCUT2D eigenvalue weighted by Gasteiger charge is 2.17. The second-order valence-corrected chi connectivity index (χ2v) is 5.31. The van der Waals surface area contributed by atoms with Gasteiger partial charge in [-0.05, 0) is 25.0 Å². The van der Waals surface area contributed by atoms with E-state index < -0.39 is 5.82 Å². The normalized spacial score (nSPS) is 15.8. The Labute approximate surface area is 118 Å². The molecule has 0 aromatic heterocycles. The lowest BCUT2D eigenvalue weighted by Crippen LogP contribution is -2.36.